The fourth-order valence-corrected chi connectivity index (χ4v) is 0.314. The molecule has 0 amide bonds. The average molecular weight is 111 g/mol. The summed E-state index contributed by atoms with van der Waals surface area (Å²) in [5.41, 5.74) is 5.10. The van der Waals surface area contributed by atoms with Gasteiger partial charge in [0.1, 0.15) is 0 Å². The maximum atomic E-state index is 5.10. The molecule has 0 fully saturated rings. The first-order valence-electron chi connectivity index (χ1n) is 2.00. The number of rotatable bonds is 1. The third-order valence-electron chi connectivity index (χ3n) is 0.607. The van der Waals surface area contributed by atoms with Gasteiger partial charge in [0.2, 0.25) is 0 Å². The topological polar surface area (TPSA) is 69.6 Å². The second kappa shape index (κ2) is 1.61. The first kappa shape index (κ1) is 4.76. The molecule has 0 aliphatic heterocycles. The second-order valence-electron chi connectivity index (χ2n) is 1.15. The van der Waals surface area contributed by atoms with E-state index in [0.29, 0.717) is 0 Å². The van der Waals surface area contributed by atoms with E-state index in [0.717, 1.165) is 0 Å². The van der Waals surface area contributed by atoms with Crippen LogP contribution in [0.3, 0.4) is 0 Å². The number of nitrogens with zero attached hydrogens (tertiary/aromatic N) is 4. The van der Waals surface area contributed by atoms with Gasteiger partial charge < -0.3 is 5.73 Å². The van der Waals surface area contributed by atoms with Gasteiger partial charge in [-0.1, -0.05) is 11.7 Å². The van der Waals surface area contributed by atoms with Crippen LogP contribution in [0, 0.1) is 0 Å². The predicted molar refractivity (Wildman–Crippen MR) is 28.6 cm³/mol. The number of hydrogen-bond acceptors (Lipinski definition) is 4. The van der Waals surface area contributed by atoms with Crippen molar-refractivity contribution in [3.8, 4) is 0 Å². The summed E-state index contributed by atoms with van der Waals surface area (Å²) in [5, 5.41) is 10.4. The lowest BCUT2D eigenvalue weighted by Gasteiger charge is -1.76. The smallest absolute Gasteiger partial charge is 0.261 e. The average Bonchev–Trinajstić information content (AvgIpc) is 2.14. The van der Waals surface area contributed by atoms with Gasteiger partial charge in [0.25, 0.3) is 5.95 Å². The highest BCUT2D eigenvalue weighted by Gasteiger charge is 1.88. The molecule has 0 atom stereocenters. The van der Waals surface area contributed by atoms with Crippen molar-refractivity contribution in [2.24, 2.45) is 0 Å². The van der Waals surface area contributed by atoms with Crippen molar-refractivity contribution in [2.75, 3.05) is 5.73 Å². The number of hydrogen-bond donors (Lipinski definition) is 1. The highest BCUT2D eigenvalue weighted by atomic mass is 15.6. The molecule has 8 heavy (non-hydrogen) atoms. The first-order valence-corrected chi connectivity index (χ1v) is 2.00. The van der Waals surface area contributed by atoms with E-state index in [2.05, 4.69) is 22.0 Å². The van der Waals surface area contributed by atoms with Gasteiger partial charge in [0, 0.05) is 6.20 Å². The number of aromatic nitrogens is 4. The molecule has 0 saturated heterocycles. The zero-order chi connectivity index (χ0) is 5.98. The molecule has 0 radical (unpaired) electrons. The Labute approximate surface area is 45.8 Å². The summed E-state index contributed by atoms with van der Waals surface area (Å²) in [6.07, 6.45) is 1.41. The van der Waals surface area contributed by atoms with Crippen molar-refractivity contribution >= 4 is 12.1 Å². The summed E-state index contributed by atoms with van der Waals surface area (Å²) >= 11 is 0. The minimum Gasteiger partial charge on any atom is -0.365 e. The van der Waals surface area contributed by atoms with E-state index in [1.165, 1.54) is 11.0 Å². The zero-order valence-electron chi connectivity index (χ0n) is 4.15. The number of nitrogens with two attached hydrogens (primary N) is 1. The van der Waals surface area contributed by atoms with E-state index in [1.54, 1.807) is 0 Å². The highest BCUT2D eigenvalue weighted by molar-refractivity contribution is 5.14. The molecule has 0 aromatic carbocycles. The Bertz CT molecular complexity index is 189. The summed E-state index contributed by atoms with van der Waals surface area (Å²) < 4.78 is 0. The fourth-order valence-electron chi connectivity index (χ4n) is 0.314. The van der Waals surface area contributed by atoms with Crippen molar-refractivity contribution in [1.82, 2.24) is 20.2 Å². The number of nitrogen functional groups attached to an aromatic ring is 1. The molecule has 0 unspecified atom stereocenters. The van der Waals surface area contributed by atoms with E-state index < -0.39 is 0 Å². The highest BCUT2D eigenvalue weighted by Crippen LogP contribution is 1.81. The van der Waals surface area contributed by atoms with Crippen LogP contribution in [-0.4, -0.2) is 20.2 Å². The minimum absolute atomic E-state index is 0.157. The maximum absolute atomic E-state index is 5.10. The van der Waals surface area contributed by atoms with Gasteiger partial charge in [-0.15, -0.1) is 9.90 Å². The van der Waals surface area contributed by atoms with Crippen LogP contribution in [-0.2, 0) is 0 Å². The summed E-state index contributed by atoms with van der Waals surface area (Å²) in [6.45, 7) is 3.39. The molecular weight excluding hydrogens is 106 g/mol. The van der Waals surface area contributed by atoms with Crippen molar-refractivity contribution in [3.63, 3.8) is 0 Å². The third kappa shape index (κ3) is 0.651. The number of anilines is 1. The Hall–Kier alpha value is -1.39. The van der Waals surface area contributed by atoms with E-state index >= 15 is 0 Å². The second-order valence-corrected chi connectivity index (χ2v) is 1.15. The molecule has 2 N–H and O–H groups in total. The maximum Gasteiger partial charge on any atom is 0.261 e. The molecular formula is C3H5N5. The molecule has 0 saturated carbocycles. The molecule has 0 aliphatic rings. The van der Waals surface area contributed by atoms with E-state index in [-0.39, 0.29) is 5.95 Å². The van der Waals surface area contributed by atoms with Crippen LogP contribution < -0.4 is 5.73 Å². The Morgan fingerprint density at radius 2 is 2.50 bits per heavy atom. The lowest BCUT2D eigenvalue weighted by molar-refractivity contribution is 0.760. The van der Waals surface area contributed by atoms with Gasteiger partial charge >= 0.3 is 0 Å². The van der Waals surface area contributed by atoms with Gasteiger partial charge in [0.15, 0.2) is 0 Å². The molecule has 1 rings (SSSR count). The Morgan fingerprint density at radius 3 is 2.75 bits per heavy atom. The SMILES string of the molecule is C=Cn1nnc(N)n1. The van der Waals surface area contributed by atoms with Gasteiger partial charge in [-0.05, 0) is 5.21 Å². The molecule has 42 valence electrons. The van der Waals surface area contributed by atoms with Crippen LogP contribution in [0.15, 0.2) is 6.58 Å². The fraction of sp³-hybridized carbons (Fsp3) is 0. The molecule has 1 aromatic rings. The van der Waals surface area contributed by atoms with Crippen LogP contribution in [0.4, 0.5) is 5.95 Å². The Kier molecular flexibility index (Phi) is 0.957. The monoisotopic (exact) mass is 111 g/mol. The first-order chi connectivity index (χ1) is 3.83. The van der Waals surface area contributed by atoms with Crippen molar-refractivity contribution < 1.29 is 0 Å². The van der Waals surface area contributed by atoms with Crippen LogP contribution in [0.5, 0.6) is 0 Å². The van der Waals surface area contributed by atoms with E-state index in [1.807, 2.05) is 0 Å². The number of tetrazole rings is 1. The minimum atomic E-state index is 0.157. The molecule has 0 spiro atoms. The van der Waals surface area contributed by atoms with E-state index in [9.17, 15) is 0 Å². The van der Waals surface area contributed by atoms with E-state index in [4.69, 9.17) is 5.73 Å². The zero-order valence-corrected chi connectivity index (χ0v) is 4.15. The standard InChI is InChI=1S/C3H5N5/c1-2-8-6-3(4)5-7-8/h2H,1H2,(H2,4,6). The van der Waals surface area contributed by atoms with Crippen LogP contribution in [0.25, 0.3) is 6.20 Å². The van der Waals surface area contributed by atoms with Gasteiger partial charge in [-0.2, -0.15) is 0 Å². The van der Waals surface area contributed by atoms with Gasteiger partial charge in [-0.3, -0.25) is 0 Å². The van der Waals surface area contributed by atoms with Crippen LogP contribution in [0.1, 0.15) is 0 Å². The molecule has 0 bridgehead atoms. The summed E-state index contributed by atoms with van der Waals surface area (Å²) in [4.78, 5) is 1.19. The van der Waals surface area contributed by atoms with Gasteiger partial charge in [-0.25, -0.2) is 0 Å². The van der Waals surface area contributed by atoms with Crippen LogP contribution in [0.2, 0.25) is 0 Å². The molecule has 5 heteroatoms. The molecule has 1 heterocycles. The Morgan fingerprint density at radius 1 is 1.75 bits per heavy atom. The normalized spacial score (nSPS) is 9.00. The molecule has 5 nitrogen and oxygen atoms in total. The molecule has 0 aliphatic carbocycles. The van der Waals surface area contributed by atoms with Crippen molar-refractivity contribution in [2.45, 2.75) is 0 Å². The summed E-state index contributed by atoms with van der Waals surface area (Å²) in [5.74, 6) is 0.157. The largest absolute Gasteiger partial charge is 0.365 e. The van der Waals surface area contributed by atoms with Crippen molar-refractivity contribution in [3.05, 3.63) is 6.58 Å². The summed E-state index contributed by atoms with van der Waals surface area (Å²) in [7, 11) is 0. The Balaban J connectivity index is 3.00. The predicted octanol–water partition coefficient (Wildman–Crippen LogP) is -0.644. The van der Waals surface area contributed by atoms with Gasteiger partial charge in [0.05, 0.1) is 0 Å². The third-order valence-corrected chi connectivity index (χ3v) is 0.607. The lowest BCUT2D eigenvalue weighted by atomic mass is 11.1. The van der Waals surface area contributed by atoms with Crippen LogP contribution >= 0.6 is 0 Å². The quantitative estimate of drug-likeness (QED) is 0.523. The lowest BCUT2D eigenvalue weighted by Crippen LogP contribution is -1.90. The molecule has 1 aromatic heterocycles. The van der Waals surface area contributed by atoms with Crippen molar-refractivity contribution in [1.29, 1.82) is 0 Å². The summed E-state index contributed by atoms with van der Waals surface area (Å²) in [6, 6.07) is 0.